The first-order valence-electron chi connectivity index (χ1n) is 9.26. The fraction of sp³-hybridized carbons (Fsp3) is 0.381. The van der Waals surface area contributed by atoms with Gasteiger partial charge in [0.1, 0.15) is 0 Å². The van der Waals surface area contributed by atoms with Gasteiger partial charge in [-0.1, -0.05) is 43.8 Å². The van der Waals surface area contributed by atoms with Gasteiger partial charge in [0.2, 0.25) is 0 Å². The van der Waals surface area contributed by atoms with Gasteiger partial charge in [-0.05, 0) is 36.6 Å². The van der Waals surface area contributed by atoms with E-state index >= 15 is 0 Å². The van der Waals surface area contributed by atoms with Crippen LogP contribution in [0.4, 0.5) is 0 Å². The molecule has 4 rings (SSSR count). The van der Waals surface area contributed by atoms with Gasteiger partial charge in [-0.25, -0.2) is 14.6 Å². The lowest BCUT2D eigenvalue weighted by Gasteiger charge is -2.36. The van der Waals surface area contributed by atoms with E-state index in [1.54, 1.807) is 11.8 Å². The molecule has 27 heavy (non-hydrogen) atoms. The zero-order chi connectivity index (χ0) is 18.9. The quantitative estimate of drug-likeness (QED) is 0.532. The monoisotopic (exact) mass is 379 g/mol. The minimum absolute atomic E-state index is 0.219. The lowest BCUT2D eigenvalue weighted by molar-refractivity contribution is 0.252. The summed E-state index contributed by atoms with van der Waals surface area (Å²) in [7, 11) is 0. The molecule has 1 aliphatic carbocycles. The second-order valence-corrected chi connectivity index (χ2v) is 8.62. The van der Waals surface area contributed by atoms with E-state index in [1.807, 2.05) is 30.9 Å². The number of fused-ring (bicyclic) bond motifs is 1. The van der Waals surface area contributed by atoms with Crippen LogP contribution in [-0.4, -0.2) is 26.0 Å². The van der Waals surface area contributed by atoms with E-state index in [4.69, 9.17) is 5.10 Å². The summed E-state index contributed by atoms with van der Waals surface area (Å²) in [5.41, 5.74) is 5.06. The molecule has 0 saturated carbocycles. The highest BCUT2D eigenvalue weighted by Gasteiger charge is 2.35. The Kier molecular flexibility index (Phi) is 5.02. The Bertz CT molecular complexity index is 902. The number of nitrogens with zero attached hydrogens (tertiary/aromatic N) is 4. The topological polar surface area (TPSA) is 55.6 Å². The summed E-state index contributed by atoms with van der Waals surface area (Å²) in [5, 5.41) is 9.23. The maximum Gasteiger partial charge on any atom is 0.187 e. The van der Waals surface area contributed by atoms with Crippen LogP contribution in [0.2, 0.25) is 0 Å². The van der Waals surface area contributed by atoms with Gasteiger partial charge >= 0.3 is 0 Å². The largest absolute Gasteiger partial charge is 0.306 e. The third-order valence-electron chi connectivity index (χ3n) is 5.10. The smallest absolute Gasteiger partial charge is 0.187 e. The molecule has 0 aliphatic heterocycles. The van der Waals surface area contributed by atoms with Crippen molar-refractivity contribution in [3.63, 3.8) is 0 Å². The molecule has 0 spiro atoms. The van der Waals surface area contributed by atoms with Gasteiger partial charge in [0, 0.05) is 41.8 Å². The average Bonchev–Trinajstić information content (AvgIpc) is 3.09. The van der Waals surface area contributed by atoms with Gasteiger partial charge in [-0.3, -0.25) is 0 Å². The molecule has 1 atom stereocenters. The van der Waals surface area contributed by atoms with Crippen molar-refractivity contribution in [1.29, 1.82) is 0 Å². The minimum Gasteiger partial charge on any atom is -0.306 e. The highest BCUT2D eigenvalue weighted by Crippen LogP contribution is 2.41. The van der Waals surface area contributed by atoms with Gasteiger partial charge in [0.05, 0.1) is 11.9 Å². The molecule has 0 bridgehead atoms. The number of aromatic nitrogens is 4. The Labute approximate surface area is 164 Å². The van der Waals surface area contributed by atoms with Crippen molar-refractivity contribution in [2.75, 3.05) is 6.26 Å². The van der Waals surface area contributed by atoms with Crippen molar-refractivity contribution >= 4 is 11.8 Å². The number of para-hydroxylation sites is 1. The van der Waals surface area contributed by atoms with Crippen molar-refractivity contribution in [3.05, 3.63) is 65.7 Å². The Morgan fingerprint density at radius 2 is 1.89 bits per heavy atom. The summed E-state index contributed by atoms with van der Waals surface area (Å²) in [6.07, 6.45) is 9.96. The lowest BCUT2D eigenvalue weighted by atomic mass is 9.74. The first-order valence-corrected chi connectivity index (χ1v) is 10.5. The highest BCUT2D eigenvalue weighted by atomic mass is 32.2. The zero-order valence-corrected chi connectivity index (χ0v) is 16.8. The normalized spacial score (nSPS) is 18.3. The first kappa shape index (κ1) is 18.2. The van der Waals surface area contributed by atoms with E-state index in [1.165, 1.54) is 11.3 Å². The Morgan fingerprint density at radius 1 is 1.15 bits per heavy atom. The molecule has 2 heterocycles. The molecule has 1 aliphatic rings. The molecule has 2 aromatic heterocycles. The molecule has 0 amide bonds. The maximum absolute atomic E-state index is 4.71. The highest BCUT2D eigenvalue weighted by molar-refractivity contribution is 7.98. The van der Waals surface area contributed by atoms with Crippen molar-refractivity contribution in [2.45, 2.75) is 44.4 Å². The summed E-state index contributed by atoms with van der Waals surface area (Å²) in [6, 6.07) is 10.7. The van der Waals surface area contributed by atoms with E-state index in [-0.39, 0.29) is 11.5 Å². The molecule has 3 aromatic rings. The van der Waals surface area contributed by atoms with Crippen molar-refractivity contribution < 1.29 is 0 Å². The summed E-state index contributed by atoms with van der Waals surface area (Å²) < 4.78 is 2.10. The molecule has 1 aromatic carbocycles. The minimum atomic E-state index is 0.219. The van der Waals surface area contributed by atoms with Crippen LogP contribution in [-0.2, 0) is 13.0 Å². The number of thioether (sulfide) groups is 1. The molecule has 5 nitrogen and oxygen atoms in total. The van der Waals surface area contributed by atoms with Gasteiger partial charge in [-0.2, -0.15) is 5.10 Å². The molecule has 0 fully saturated rings. The second kappa shape index (κ2) is 7.44. The first-order chi connectivity index (χ1) is 13.1. The number of hydrogen-bond donors (Lipinski definition) is 1. The molecular formula is C21H25N5S. The van der Waals surface area contributed by atoms with Crippen molar-refractivity contribution in [1.82, 2.24) is 25.1 Å². The van der Waals surface area contributed by atoms with Crippen LogP contribution in [0.3, 0.4) is 0 Å². The number of rotatable bonds is 5. The van der Waals surface area contributed by atoms with Crippen molar-refractivity contribution in [2.24, 2.45) is 5.41 Å². The SMILES string of the molecule is CSc1ncc(CNC2CC(C)(C)Cc3c2cnn3-c2ccccc2)cn1. The molecule has 140 valence electrons. The Morgan fingerprint density at radius 3 is 2.59 bits per heavy atom. The molecular weight excluding hydrogens is 354 g/mol. The number of nitrogens with one attached hydrogen (secondary N) is 1. The summed E-state index contributed by atoms with van der Waals surface area (Å²) in [5.74, 6) is 0. The lowest BCUT2D eigenvalue weighted by Crippen LogP contribution is -2.33. The van der Waals surface area contributed by atoms with Gasteiger partial charge in [-0.15, -0.1) is 0 Å². The van der Waals surface area contributed by atoms with Gasteiger partial charge in [0.15, 0.2) is 5.16 Å². The van der Waals surface area contributed by atoms with Crippen LogP contribution in [0, 0.1) is 5.41 Å². The second-order valence-electron chi connectivity index (χ2n) is 7.85. The molecule has 6 heteroatoms. The molecule has 0 radical (unpaired) electrons. The van der Waals surface area contributed by atoms with E-state index < -0.39 is 0 Å². The average molecular weight is 380 g/mol. The molecule has 1 unspecified atom stereocenters. The Hall–Kier alpha value is -2.18. The zero-order valence-electron chi connectivity index (χ0n) is 16.0. The third-order valence-corrected chi connectivity index (χ3v) is 5.67. The number of benzene rings is 1. The predicted octanol–water partition coefficient (Wildman–Crippen LogP) is 4.19. The van der Waals surface area contributed by atoms with Crippen LogP contribution in [0.1, 0.15) is 43.1 Å². The van der Waals surface area contributed by atoms with Crippen LogP contribution in [0.15, 0.2) is 54.1 Å². The molecule has 1 N–H and O–H groups in total. The predicted molar refractivity (Wildman–Crippen MR) is 109 cm³/mol. The molecule has 0 saturated heterocycles. The van der Waals surface area contributed by atoms with Crippen molar-refractivity contribution in [3.8, 4) is 5.69 Å². The van der Waals surface area contributed by atoms with E-state index in [2.05, 4.69) is 58.1 Å². The van der Waals surface area contributed by atoms with Crippen LogP contribution in [0.25, 0.3) is 5.69 Å². The van der Waals surface area contributed by atoms with Gasteiger partial charge in [0.25, 0.3) is 0 Å². The maximum atomic E-state index is 4.71. The summed E-state index contributed by atoms with van der Waals surface area (Å²) in [6.45, 7) is 5.43. The van der Waals surface area contributed by atoms with E-state index in [0.29, 0.717) is 0 Å². The summed E-state index contributed by atoms with van der Waals surface area (Å²) in [4.78, 5) is 8.75. The van der Waals surface area contributed by atoms with Crippen LogP contribution < -0.4 is 5.32 Å². The fourth-order valence-electron chi connectivity index (χ4n) is 3.80. The van der Waals surface area contributed by atoms with Gasteiger partial charge < -0.3 is 5.32 Å². The van der Waals surface area contributed by atoms with E-state index in [0.717, 1.165) is 35.8 Å². The van der Waals surface area contributed by atoms with Crippen LogP contribution >= 0.6 is 11.8 Å². The summed E-state index contributed by atoms with van der Waals surface area (Å²) >= 11 is 1.56. The standard InChI is InChI=1S/C21H25N5S/c1-21(2)9-18(22-11-15-12-23-20(27-3)24-13-15)17-14-25-26(19(17)10-21)16-7-5-4-6-8-16/h4-8,12-14,18,22H,9-11H2,1-3H3. The fourth-order valence-corrected chi connectivity index (χ4v) is 4.11. The Balaban J connectivity index is 1.58. The van der Waals surface area contributed by atoms with E-state index in [9.17, 15) is 0 Å². The van der Waals surface area contributed by atoms with Crippen LogP contribution in [0.5, 0.6) is 0 Å². The third kappa shape index (κ3) is 3.92. The number of hydrogen-bond acceptors (Lipinski definition) is 5.